The van der Waals surface area contributed by atoms with E-state index >= 15 is 0 Å². The molecule has 2 atom stereocenters. The van der Waals surface area contributed by atoms with Crippen LogP contribution in [-0.2, 0) is 11.2 Å². The first-order valence-electron chi connectivity index (χ1n) is 13.4. The standard InChI is InChI=1S/C29H40BrClN2O/c1-4-6-20(7-5-2)15-26(34)33-12-10-21(11-13-33)28-27-22(16-24(31)17-25(27)30)8-9-23-14-19(3)18-32-29(23)28/h16-21,28H,4-15H2,1-3H3. The van der Waals surface area contributed by atoms with Crippen LogP contribution in [0.25, 0.3) is 0 Å². The van der Waals surface area contributed by atoms with Gasteiger partial charge in [-0.15, -0.1) is 0 Å². The van der Waals surface area contributed by atoms with Gasteiger partial charge < -0.3 is 4.90 Å². The van der Waals surface area contributed by atoms with Gasteiger partial charge in [0, 0.05) is 46.8 Å². The minimum absolute atomic E-state index is 0.285. The van der Waals surface area contributed by atoms with Crippen LogP contribution in [0.4, 0.5) is 0 Å². The van der Waals surface area contributed by atoms with Crippen LogP contribution in [0.3, 0.4) is 0 Å². The fraction of sp³-hybridized carbons (Fsp3) is 0.655. The molecule has 1 saturated heterocycles. The maximum Gasteiger partial charge on any atom is 0.222 e. The zero-order chi connectivity index (χ0) is 24.2. The fourth-order valence-corrected chi connectivity index (χ4v) is 7.59. The number of rotatable bonds is 7. The lowest BCUT2D eigenvalue weighted by molar-refractivity contribution is -0.133. The van der Waals surface area contributed by atoms with E-state index in [0.29, 0.717) is 23.7 Å². The highest BCUT2D eigenvalue weighted by Crippen LogP contribution is 2.49. The van der Waals surface area contributed by atoms with Crippen molar-refractivity contribution in [1.82, 2.24) is 4.90 Å². The van der Waals surface area contributed by atoms with Crippen molar-refractivity contribution in [3.05, 3.63) is 44.0 Å². The summed E-state index contributed by atoms with van der Waals surface area (Å²) in [5.41, 5.74) is 5.58. The molecule has 0 aromatic heterocycles. The van der Waals surface area contributed by atoms with Gasteiger partial charge in [-0.3, -0.25) is 9.79 Å². The molecule has 1 aromatic carbocycles. The van der Waals surface area contributed by atoms with E-state index in [2.05, 4.69) is 53.9 Å². The Hall–Kier alpha value is -1.13. The number of aliphatic imine (C=N–C) groups is 1. The zero-order valence-electron chi connectivity index (χ0n) is 21.1. The Morgan fingerprint density at radius 1 is 1.18 bits per heavy atom. The van der Waals surface area contributed by atoms with Crippen molar-refractivity contribution in [1.29, 1.82) is 0 Å². The van der Waals surface area contributed by atoms with E-state index < -0.39 is 0 Å². The van der Waals surface area contributed by atoms with Gasteiger partial charge in [-0.1, -0.05) is 74.0 Å². The second kappa shape index (κ2) is 11.7. The summed E-state index contributed by atoms with van der Waals surface area (Å²) in [7, 11) is 0. The second-order valence-corrected chi connectivity index (χ2v) is 12.0. The molecule has 34 heavy (non-hydrogen) atoms. The van der Waals surface area contributed by atoms with E-state index in [1.807, 2.05) is 6.07 Å². The molecule has 2 heterocycles. The van der Waals surface area contributed by atoms with E-state index in [4.69, 9.17) is 16.6 Å². The van der Waals surface area contributed by atoms with Gasteiger partial charge in [0.2, 0.25) is 5.91 Å². The van der Waals surface area contributed by atoms with Crippen LogP contribution in [0.5, 0.6) is 0 Å². The summed E-state index contributed by atoms with van der Waals surface area (Å²) < 4.78 is 1.11. The number of benzene rings is 1. The van der Waals surface area contributed by atoms with Crippen LogP contribution < -0.4 is 0 Å². The summed E-state index contributed by atoms with van der Waals surface area (Å²) in [5, 5.41) is 0.801. The van der Waals surface area contributed by atoms with Crippen molar-refractivity contribution >= 4 is 39.7 Å². The van der Waals surface area contributed by atoms with E-state index in [1.54, 1.807) is 0 Å². The highest BCUT2D eigenvalue weighted by Gasteiger charge is 2.37. The Kier molecular flexibility index (Phi) is 8.96. The van der Waals surface area contributed by atoms with Gasteiger partial charge in [0.25, 0.3) is 0 Å². The van der Waals surface area contributed by atoms with Crippen molar-refractivity contribution in [2.45, 2.75) is 90.9 Å². The molecule has 0 N–H and O–H groups in total. The first-order valence-corrected chi connectivity index (χ1v) is 14.6. The van der Waals surface area contributed by atoms with E-state index in [1.165, 1.54) is 35.2 Å². The van der Waals surface area contributed by atoms with Crippen molar-refractivity contribution in [2.75, 3.05) is 13.1 Å². The number of hydrogen-bond donors (Lipinski definition) is 0. The topological polar surface area (TPSA) is 32.7 Å². The zero-order valence-corrected chi connectivity index (χ0v) is 23.4. The SMILES string of the molecule is CCCC(CCC)CC(=O)N1CCC(C2C3=C(CCc4cc(Cl)cc(Br)c42)CC(C)C=N3)CC1. The number of piperidine rings is 1. The number of carbonyl (C=O) groups excluding carboxylic acids is 1. The normalized spacial score (nSPS) is 23.2. The molecular formula is C29H40BrClN2O. The minimum atomic E-state index is 0.285. The Morgan fingerprint density at radius 3 is 2.56 bits per heavy atom. The molecule has 1 aromatic rings. The molecule has 1 fully saturated rings. The Labute approximate surface area is 219 Å². The van der Waals surface area contributed by atoms with Gasteiger partial charge in [-0.05, 0) is 78.7 Å². The highest BCUT2D eigenvalue weighted by atomic mass is 79.9. The Bertz CT molecular complexity index is 942. The van der Waals surface area contributed by atoms with Gasteiger partial charge in [-0.25, -0.2) is 0 Å². The largest absolute Gasteiger partial charge is 0.343 e. The Balaban J connectivity index is 1.54. The molecule has 0 saturated carbocycles. The van der Waals surface area contributed by atoms with Crippen LogP contribution >= 0.6 is 27.5 Å². The first kappa shape index (κ1) is 25.9. The lowest BCUT2D eigenvalue weighted by Crippen LogP contribution is -2.40. The number of aryl methyl sites for hydroxylation is 1. The summed E-state index contributed by atoms with van der Waals surface area (Å²) in [6, 6.07) is 4.22. The van der Waals surface area contributed by atoms with E-state index in [9.17, 15) is 4.79 Å². The summed E-state index contributed by atoms with van der Waals surface area (Å²) in [6.07, 6.45) is 12.8. The monoisotopic (exact) mass is 546 g/mol. The molecule has 5 heteroatoms. The second-order valence-electron chi connectivity index (χ2n) is 10.8. The fourth-order valence-electron chi connectivity index (χ4n) is 6.47. The Morgan fingerprint density at radius 2 is 1.88 bits per heavy atom. The number of hydrogen-bond acceptors (Lipinski definition) is 2. The van der Waals surface area contributed by atoms with Crippen molar-refractivity contribution < 1.29 is 4.79 Å². The molecule has 3 aliphatic rings. The average Bonchev–Trinajstić information content (AvgIpc) is 2.96. The quantitative estimate of drug-likeness (QED) is 0.338. The molecule has 4 rings (SSSR count). The molecule has 1 aliphatic carbocycles. The van der Waals surface area contributed by atoms with Gasteiger partial charge in [-0.2, -0.15) is 0 Å². The average molecular weight is 548 g/mol. The predicted molar refractivity (Wildman–Crippen MR) is 147 cm³/mol. The smallest absolute Gasteiger partial charge is 0.222 e. The molecule has 186 valence electrons. The number of carbonyl (C=O) groups is 1. The molecular weight excluding hydrogens is 508 g/mol. The van der Waals surface area contributed by atoms with Crippen molar-refractivity contribution in [3.63, 3.8) is 0 Å². The maximum atomic E-state index is 13.1. The third-order valence-electron chi connectivity index (χ3n) is 8.10. The van der Waals surface area contributed by atoms with Crippen molar-refractivity contribution in [3.8, 4) is 0 Å². The van der Waals surface area contributed by atoms with Gasteiger partial charge in [0.05, 0.1) is 0 Å². The molecule has 0 bridgehead atoms. The molecule has 3 nitrogen and oxygen atoms in total. The van der Waals surface area contributed by atoms with Crippen LogP contribution in [0, 0.1) is 17.8 Å². The number of halogens is 2. The van der Waals surface area contributed by atoms with Crippen molar-refractivity contribution in [2.24, 2.45) is 22.7 Å². The van der Waals surface area contributed by atoms with Crippen LogP contribution in [0.15, 0.2) is 32.9 Å². The summed E-state index contributed by atoms with van der Waals surface area (Å²) in [4.78, 5) is 20.3. The van der Waals surface area contributed by atoms with Crippen LogP contribution in [0.2, 0.25) is 5.02 Å². The maximum absolute atomic E-state index is 13.1. The summed E-state index contributed by atoms with van der Waals surface area (Å²) in [6.45, 7) is 8.46. The summed E-state index contributed by atoms with van der Waals surface area (Å²) in [5.74, 6) is 2.19. The van der Waals surface area contributed by atoms with Gasteiger partial charge >= 0.3 is 0 Å². The number of nitrogens with zero attached hydrogens (tertiary/aromatic N) is 2. The van der Waals surface area contributed by atoms with Gasteiger partial charge in [0.15, 0.2) is 0 Å². The van der Waals surface area contributed by atoms with Crippen LogP contribution in [0.1, 0.15) is 95.6 Å². The molecule has 2 aliphatic heterocycles. The number of likely N-dealkylation sites (tertiary alicyclic amines) is 1. The van der Waals surface area contributed by atoms with E-state index in [-0.39, 0.29) is 5.92 Å². The number of fused-ring (bicyclic) bond motifs is 1. The summed E-state index contributed by atoms with van der Waals surface area (Å²) >= 11 is 10.3. The lowest BCUT2D eigenvalue weighted by atomic mass is 9.75. The van der Waals surface area contributed by atoms with E-state index in [0.717, 1.165) is 74.0 Å². The number of amides is 1. The third kappa shape index (κ3) is 5.81. The van der Waals surface area contributed by atoms with Crippen LogP contribution in [-0.4, -0.2) is 30.1 Å². The highest BCUT2D eigenvalue weighted by molar-refractivity contribution is 9.10. The van der Waals surface area contributed by atoms with Gasteiger partial charge in [0.1, 0.15) is 0 Å². The predicted octanol–water partition coefficient (Wildman–Crippen LogP) is 8.34. The first-order chi connectivity index (χ1) is 16.4. The molecule has 1 amide bonds. The third-order valence-corrected chi connectivity index (χ3v) is 8.98. The molecule has 2 unspecified atom stereocenters. The molecule has 0 spiro atoms. The molecule has 0 radical (unpaired) electrons. The lowest BCUT2D eigenvalue weighted by Gasteiger charge is -2.38. The minimum Gasteiger partial charge on any atom is -0.343 e. The number of allylic oxidation sites excluding steroid dienone is 2.